The molecule has 1 atom stereocenters. The number of piperazine rings is 1. The normalized spacial score (nSPS) is 19.6. The molecule has 2 N–H and O–H groups in total. The highest BCUT2D eigenvalue weighted by molar-refractivity contribution is 5.95. The van der Waals surface area contributed by atoms with Gasteiger partial charge in [-0.15, -0.1) is 0 Å². The second kappa shape index (κ2) is 7.47. The van der Waals surface area contributed by atoms with E-state index >= 15 is 0 Å². The van der Waals surface area contributed by atoms with E-state index in [1.165, 1.54) is 0 Å². The van der Waals surface area contributed by atoms with E-state index in [-0.39, 0.29) is 5.91 Å². The fourth-order valence-electron chi connectivity index (χ4n) is 4.09. The number of amides is 1. The predicted molar refractivity (Wildman–Crippen MR) is 115 cm³/mol. The molecule has 1 aromatic heterocycles. The Bertz CT molecular complexity index is 1070. The van der Waals surface area contributed by atoms with Crippen LogP contribution in [0.25, 0.3) is 22.2 Å². The maximum Gasteiger partial charge on any atom is 0.253 e. The van der Waals surface area contributed by atoms with E-state index in [1.807, 2.05) is 64.4 Å². The lowest BCUT2D eigenvalue weighted by Crippen LogP contribution is -2.55. The van der Waals surface area contributed by atoms with Crippen LogP contribution in [0.5, 0.6) is 0 Å². The lowest BCUT2D eigenvalue weighted by atomic mass is 10.1. The number of carbonyl (C=O) groups is 1. The van der Waals surface area contributed by atoms with E-state index in [9.17, 15) is 15.0 Å². The monoisotopic (exact) mass is 403 g/mol. The lowest BCUT2D eigenvalue weighted by molar-refractivity contribution is -0.108. The molecule has 1 saturated carbocycles. The molecule has 1 unspecified atom stereocenters. The molecule has 6 nitrogen and oxygen atoms in total. The van der Waals surface area contributed by atoms with E-state index in [0.29, 0.717) is 44.6 Å². The van der Waals surface area contributed by atoms with E-state index in [2.05, 4.69) is 6.07 Å². The molecule has 1 aliphatic heterocycles. The van der Waals surface area contributed by atoms with Crippen LogP contribution in [-0.4, -0.2) is 68.9 Å². The Labute approximate surface area is 175 Å². The summed E-state index contributed by atoms with van der Waals surface area (Å²) in [5.74, 6) is -0.00714. The molecule has 2 aliphatic rings. The molecule has 0 spiro atoms. The number of para-hydroxylation sites is 1. The second-order valence-corrected chi connectivity index (χ2v) is 8.27. The fourth-order valence-corrected chi connectivity index (χ4v) is 4.09. The number of pyridine rings is 1. The number of hydrogen-bond acceptors (Lipinski definition) is 5. The zero-order chi connectivity index (χ0) is 20.7. The Morgan fingerprint density at radius 3 is 2.33 bits per heavy atom. The average molecular weight is 403 g/mol. The Morgan fingerprint density at radius 2 is 1.63 bits per heavy atom. The number of nitrogens with zero attached hydrogens (tertiary/aromatic N) is 3. The molecule has 3 aromatic rings. The van der Waals surface area contributed by atoms with Gasteiger partial charge in [-0.2, -0.15) is 0 Å². The van der Waals surface area contributed by atoms with Crippen LogP contribution in [0.1, 0.15) is 23.2 Å². The number of aliphatic hydroxyl groups excluding tert-OH is 1. The Balaban J connectivity index is 1.25. The molecule has 2 aromatic carbocycles. The molecule has 30 heavy (non-hydrogen) atoms. The zero-order valence-electron chi connectivity index (χ0n) is 16.7. The second-order valence-electron chi connectivity index (χ2n) is 8.27. The van der Waals surface area contributed by atoms with Crippen molar-refractivity contribution in [2.24, 2.45) is 0 Å². The Hall–Kier alpha value is -2.80. The first-order valence-electron chi connectivity index (χ1n) is 10.4. The largest absolute Gasteiger partial charge is 0.386 e. The van der Waals surface area contributed by atoms with Gasteiger partial charge in [0.1, 0.15) is 11.8 Å². The van der Waals surface area contributed by atoms with Crippen molar-refractivity contribution in [1.29, 1.82) is 0 Å². The van der Waals surface area contributed by atoms with Gasteiger partial charge in [-0.25, -0.2) is 4.98 Å². The van der Waals surface area contributed by atoms with Gasteiger partial charge in [-0.05, 0) is 37.1 Å². The number of hydrogen-bond donors (Lipinski definition) is 2. The summed E-state index contributed by atoms with van der Waals surface area (Å²) in [6.07, 6.45) is 0.459. The summed E-state index contributed by atoms with van der Waals surface area (Å²) in [4.78, 5) is 21.3. The van der Waals surface area contributed by atoms with Gasteiger partial charge in [0.2, 0.25) is 0 Å². The first-order chi connectivity index (χ1) is 14.5. The standard InChI is InChI=1S/C24H25N3O3/c28-22(26-13-15-27(16-14-26)23(29)24(30)11-12-24)19-7-5-18(6-8-19)21-10-9-17-3-1-2-4-20(17)25-21/h1-10,23,29-30H,11-16H2. The van der Waals surface area contributed by atoms with Gasteiger partial charge in [0.05, 0.1) is 11.2 Å². The van der Waals surface area contributed by atoms with Crippen molar-refractivity contribution < 1.29 is 15.0 Å². The van der Waals surface area contributed by atoms with Crippen molar-refractivity contribution in [3.8, 4) is 11.3 Å². The molecule has 0 radical (unpaired) electrons. The van der Waals surface area contributed by atoms with Gasteiger partial charge in [0, 0.05) is 42.7 Å². The zero-order valence-corrected chi connectivity index (χ0v) is 16.7. The molecule has 154 valence electrons. The number of benzene rings is 2. The van der Waals surface area contributed by atoms with Crippen molar-refractivity contribution in [2.45, 2.75) is 24.7 Å². The van der Waals surface area contributed by atoms with Gasteiger partial charge in [-0.3, -0.25) is 9.69 Å². The number of aliphatic hydroxyl groups is 2. The molecule has 0 bridgehead atoms. The summed E-state index contributed by atoms with van der Waals surface area (Å²) in [5.41, 5.74) is 2.51. The Kier molecular flexibility index (Phi) is 4.77. The van der Waals surface area contributed by atoms with Crippen LogP contribution >= 0.6 is 0 Å². The topological polar surface area (TPSA) is 76.9 Å². The van der Waals surface area contributed by atoms with Crippen LogP contribution < -0.4 is 0 Å². The van der Waals surface area contributed by atoms with Crippen LogP contribution in [0, 0.1) is 0 Å². The van der Waals surface area contributed by atoms with Crippen LogP contribution in [0.4, 0.5) is 0 Å². The van der Waals surface area contributed by atoms with Crippen molar-refractivity contribution >= 4 is 16.8 Å². The molecule has 1 aliphatic carbocycles. The molecule has 1 saturated heterocycles. The molecule has 5 rings (SSSR count). The summed E-state index contributed by atoms with van der Waals surface area (Å²) in [6.45, 7) is 2.21. The summed E-state index contributed by atoms with van der Waals surface area (Å²) >= 11 is 0. The van der Waals surface area contributed by atoms with Crippen LogP contribution in [-0.2, 0) is 0 Å². The highest BCUT2D eigenvalue weighted by atomic mass is 16.4. The number of rotatable bonds is 4. The maximum absolute atomic E-state index is 12.9. The minimum atomic E-state index is -0.946. The minimum Gasteiger partial charge on any atom is -0.386 e. The summed E-state index contributed by atoms with van der Waals surface area (Å²) in [6, 6.07) is 19.6. The minimum absolute atomic E-state index is 0.00714. The van der Waals surface area contributed by atoms with E-state index in [0.717, 1.165) is 22.2 Å². The number of fused-ring (bicyclic) bond motifs is 1. The van der Waals surface area contributed by atoms with Crippen LogP contribution in [0.15, 0.2) is 60.7 Å². The molecular weight excluding hydrogens is 378 g/mol. The summed E-state index contributed by atoms with van der Waals surface area (Å²) in [7, 11) is 0. The van der Waals surface area contributed by atoms with Crippen LogP contribution in [0.2, 0.25) is 0 Å². The molecular formula is C24H25N3O3. The highest BCUT2D eigenvalue weighted by Gasteiger charge is 2.50. The summed E-state index contributed by atoms with van der Waals surface area (Å²) in [5, 5.41) is 21.5. The lowest BCUT2D eigenvalue weighted by Gasteiger charge is -2.38. The van der Waals surface area contributed by atoms with Crippen molar-refractivity contribution in [1.82, 2.24) is 14.8 Å². The smallest absolute Gasteiger partial charge is 0.253 e. The SMILES string of the molecule is O=C(c1ccc(-c2ccc3ccccc3n2)cc1)N1CCN(C(O)C2(O)CC2)CC1. The third kappa shape index (κ3) is 3.58. The predicted octanol–water partition coefficient (Wildman–Crippen LogP) is 2.50. The Morgan fingerprint density at radius 1 is 0.933 bits per heavy atom. The molecule has 6 heteroatoms. The van der Waals surface area contributed by atoms with Gasteiger partial charge in [-0.1, -0.05) is 36.4 Å². The quantitative estimate of drug-likeness (QED) is 0.700. The third-order valence-electron chi connectivity index (χ3n) is 6.22. The maximum atomic E-state index is 12.9. The molecule has 1 amide bonds. The first kappa shape index (κ1) is 19.2. The average Bonchev–Trinajstić information content (AvgIpc) is 3.56. The van der Waals surface area contributed by atoms with Crippen molar-refractivity contribution in [3.05, 3.63) is 66.2 Å². The van der Waals surface area contributed by atoms with Gasteiger partial charge in [0.15, 0.2) is 0 Å². The molecule has 2 heterocycles. The van der Waals surface area contributed by atoms with Crippen molar-refractivity contribution in [2.75, 3.05) is 26.2 Å². The third-order valence-corrected chi connectivity index (χ3v) is 6.22. The van der Waals surface area contributed by atoms with Gasteiger partial charge in [0.25, 0.3) is 5.91 Å². The number of carbonyl (C=O) groups excluding carboxylic acids is 1. The first-order valence-corrected chi connectivity index (χ1v) is 10.4. The van der Waals surface area contributed by atoms with E-state index < -0.39 is 11.8 Å². The fraction of sp³-hybridized carbons (Fsp3) is 0.333. The number of aromatic nitrogens is 1. The van der Waals surface area contributed by atoms with Gasteiger partial charge >= 0.3 is 0 Å². The highest BCUT2D eigenvalue weighted by Crippen LogP contribution is 2.39. The van der Waals surface area contributed by atoms with Crippen molar-refractivity contribution in [3.63, 3.8) is 0 Å². The van der Waals surface area contributed by atoms with Crippen LogP contribution in [0.3, 0.4) is 0 Å². The summed E-state index contributed by atoms with van der Waals surface area (Å²) < 4.78 is 0. The van der Waals surface area contributed by atoms with E-state index in [1.54, 1.807) is 0 Å². The van der Waals surface area contributed by atoms with E-state index in [4.69, 9.17) is 4.98 Å². The van der Waals surface area contributed by atoms with Gasteiger partial charge < -0.3 is 15.1 Å². The molecule has 2 fully saturated rings.